The fraction of sp³-hybridized carbons (Fsp3) is 0.500. The number of hydrogen-bond acceptors (Lipinski definition) is 3. The number of alkyl halides is 3. The number of unbranched alkanes of at least 4 members (excludes halogenated alkanes) is 1. The van der Waals surface area contributed by atoms with Gasteiger partial charge in [0.05, 0.1) is 6.54 Å². The van der Waals surface area contributed by atoms with Crippen molar-refractivity contribution < 1.29 is 27.9 Å². The second kappa shape index (κ2) is 9.35. The summed E-state index contributed by atoms with van der Waals surface area (Å²) in [6.45, 7) is 2.77. The van der Waals surface area contributed by atoms with Crippen LogP contribution in [0, 0.1) is 0 Å². The highest BCUT2D eigenvalue weighted by Gasteiger charge is 2.38. The largest absolute Gasteiger partial charge is 0.490 e. The van der Waals surface area contributed by atoms with Crippen molar-refractivity contribution in [2.45, 2.75) is 38.9 Å². The summed E-state index contributed by atoms with van der Waals surface area (Å²) < 4.78 is 31.7. The number of thiophene rings is 1. The van der Waals surface area contributed by atoms with E-state index in [1.807, 2.05) is 17.5 Å². The Hall–Kier alpha value is -1.57. The van der Waals surface area contributed by atoms with Crippen molar-refractivity contribution in [1.29, 1.82) is 0 Å². The molecular weight excluding hydrogens is 295 g/mol. The molecule has 0 aliphatic carbocycles. The van der Waals surface area contributed by atoms with Crippen LogP contribution in [-0.2, 0) is 16.1 Å². The molecule has 114 valence electrons. The molecule has 1 amide bonds. The number of carbonyl (C=O) groups excluding carboxylic acids is 1. The first-order chi connectivity index (χ1) is 9.27. The van der Waals surface area contributed by atoms with Gasteiger partial charge in [0.2, 0.25) is 5.91 Å². The van der Waals surface area contributed by atoms with Crippen molar-refractivity contribution in [3.63, 3.8) is 0 Å². The summed E-state index contributed by atoms with van der Waals surface area (Å²) in [5.74, 6) is -2.59. The number of aliphatic carboxylic acids is 1. The molecule has 0 saturated heterocycles. The number of nitrogens with one attached hydrogen (secondary N) is 1. The predicted octanol–water partition coefficient (Wildman–Crippen LogP) is 3.19. The Balaban J connectivity index is 0.000000441. The summed E-state index contributed by atoms with van der Waals surface area (Å²) in [5.41, 5.74) is 0. The molecular formula is C12H16F3NO3S. The molecule has 1 aromatic rings. The van der Waals surface area contributed by atoms with E-state index >= 15 is 0 Å². The van der Waals surface area contributed by atoms with E-state index in [1.54, 1.807) is 11.3 Å². The lowest BCUT2D eigenvalue weighted by Gasteiger charge is -2.01. The van der Waals surface area contributed by atoms with Gasteiger partial charge in [0.25, 0.3) is 0 Å². The van der Waals surface area contributed by atoms with Crippen LogP contribution in [0.1, 0.15) is 31.1 Å². The third-order valence-corrected chi connectivity index (χ3v) is 2.92. The molecule has 0 aromatic carbocycles. The Bertz CT molecular complexity index is 405. The molecule has 2 N–H and O–H groups in total. The molecule has 4 nitrogen and oxygen atoms in total. The van der Waals surface area contributed by atoms with Gasteiger partial charge in [-0.3, -0.25) is 4.79 Å². The monoisotopic (exact) mass is 311 g/mol. The van der Waals surface area contributed by atoms with Gasteiger partial charge in [0.15, 0.2) is 0 Å². The van der Waals surface area contributed by atoms with E-state index in [-0.39, 0.29) is 5.91 Å². The smallest absolute Gasteiger partial charge is 0.475 e. The molecule has 0 spiro atoms. The fourth-order valence-electron chi connectivity index (χ4n) is 1.02. The highest BCUT2D eigenvalue weighted by Crippen LogP contribution is 2.13. The summed E-state index contributed by atoms with van der Waals surface area (Å²) in [7, 11) is 0. The lowest BCUT2D eigenvalue weighted by Crippen LogP contribution is -2.21. The lowest BCUT2D eigenvalue weighted by atomic mass is 10.2. The highest BCUT2D eigenvalue weighted by molar-refractivity contribution is 7.09. The van der Waals surface area contributed by atoms with Crippen LogP contribution in [0.25, 0.3) is 0 Å². The molecule has 1 heterocycles. The van der Waals surface area contributed by atoms with Crippen LogP contribution in [0.15, 0.2) is 17.5 Å². The van der Waals surface area contributed by atoms with Gasteiger partial charge < -0.3 is 10.4 Å². The molecule has 0 fully saturated rings. The number of hydrogen-bond donors (Lipinski definition) is 2. The van der Waals surface area contributed by atoms with Gasteiger partial charge in [-0.2, -0.15) is 13.2 Å². The minimum Gasteiger partial charge on any atom is -0.475 e. The summed E-state index contributed by atoms with van der Waals surface area (Å²) in [4.78, 5) is 21.3. The van der Waals surface area contributed by atoms with Gasteiger partial charge in [0.1, 0.15) is 0 Å². The van der Waals surface area contributed by atoms with Crippen molar-refractivity contribution in [1.82, 2.24) is 5.32 Å². The average Bonchev–Trinajstić information content (AvgIpc) is 2.86. The van der Waals surface area contributed by atoms with E-state index in [0.29, 0.717) is 13.0 Å². The summed E-state index contributed by atoms with van der Waals surface area (Å²) in [6.07, 6.45) is -2.37. The van der Waals surface area contributed by atoms with Crippen LogP contribution in [0.2, 0.25) is 0 Å². The first kappa shape index (κ1) is 18.4. The minimum absolute atomic E-state index is 0.162. The van der Waals surface area contributed by atoms with Gasteiger partial charge >= 0.3 is 12.1 Å². The van der Waals surface area contributed by atoms with Crippen molar-refractivity contribution in [2.75, 3.05) is 0 Å². The van der Waals surface area contributed by atoms with Crippen LogP contribution in [0.3, 0.4) is 0 Å². The van der Waals surface area contributed by atoms with E-state index in [2.05, 4.69) is 12.2 Å². The van der Waals surface area contributed by atoms with Crippen LogP contribution in [0.4, 0.5) is 13.2 Å². The molecule has 0 aliphatic heterocycles. The quantitative estimate of drug-likeness (QED) is 0.877. The van der Waals surface area contributed by atoms with Crippen molar-refractivity contribution in [2.24, 2.45) is 0 Å². The first-order valence-corrected chi connectivity index (χ1v) is 6.74. The third-order valence-electron chi connectivity index (χ3n) is 2.04. The molecule has 1 aromatic heterocycles. The van der Waals surface area contributed by atoms with Gasteiger partial charge in [-0.05, 0) is 17.9 Å². The number of carbonyl (C=O) groups is 2. The Kier molecular flexibility index (Phi) is 8.62. The summed E-state index contributed by atoms with van der Waals surface area (Å²) in [6, 6.07) is 4.03. The van der Waals surface area contributed by atoms with Gasteiger partial charge in [-0.15, -0.1) is 11.3 Å². The number of rotatable bonds is 5. The number of amides is 1. The van der Waals surface area contributed by atoms with E-state index in [0.717, 1.165) is 12.8 Å². The molecule has 0 radical (unpaired) electrons. The van der Waals surface area contributed by atoms with Crippen LogP contribution in [-0.4, -0.2) is 23.2 Å². The van der Waals surface area contributed by atoms with Crippen LogP contribution >= 0.6 is 11.3 Å². The molecule has 20 heavy (non-hydrogen) atoms. The van der Waals surface area contributed by atoms with Gasteiger partial charge in [-0.25, -0.2) is 4.79 Å². The number of halogens is 3. The first-order valence-electron chi connectivity index (χ1n) is 5.86. The molecule has 0 saturated carbocycles. The highest BCUT2D eigenvalue weighted by atomic mass is 32.1. The van der Waals surface area contributed by atoms with E-state index in [1.165, 1.54) is 4.88 Å². The zero-order chi connectivity index (χ0) is 15.6. The molecule has 0 atom stereocenters. The summed E-state index contributed by atoms with van der Waals surface area (Å²) in [5, 5.41) is 12.0. The molecule has 0 unspecified atom stereocenters. The molecule has 8 heteroatoms. The lowest BCUT2D eigenvalue weighted by molar-refractivity contribution is -0.192. The SMILES string of the molecule is CCCCC(=O)NCc1cccs1.O=C(O)C(F)(F)F. The maximum Gasteiger partial charge on any atom is 0.490 e. The van der Waals surface area contributed by atoms with Crippen LogP contribution < -0.4 is 5.32 Å². The topological polar surface area (TPSA) is 66.4 Å². The van der Waals surface area contributed by atoms with E-state index in [9.17, 15) is 18.0 Å². The standard InChI is InChI=1S/C10H15NOS.C2HF3O2/c1-2-3-6-10(12)11-8-9-5-4-7-13-9;3-2(4,5)1(6)7/h4-5,7H,2-3,6,8H2,1H3,(H,11,12);(H,6,7). The second-order valence-electron chi connectivity index (χ2n) is 3.76. The van der Waals surface area contributed by atoms with E-state index in [4.69, 9.17) is 9.90 Å². The van der Waals surface area contributed by atoms with E-state index < -0.39 is 12.1 Å². The van der Waals surface area contributed by atoms with Crippen LogP contribution in [0.5, 0.6) is 0 Å². The van der Waals surface area contributed by atoms with Crippen molar-refractivity contribution >= 4 is 23.2 Å². The predicted molar refractivity (Wildman–Crippen MR) is 69.4 cm³/mol. The van der Waals surface area contributed by atoms with Gasteiger partial charge in [-0.1, -0.05) is 19.4 Å². The zero-order valence-electron chi connectivity index (χ0n) is 10.9. The maximum absolute atomic E-state index is 11.2. The fourth-order valence-corrected chi connectivity index (χ4v) is 1.67. The van der Waals surface area contributed by atoms with Crippen molar-refractivity contribution in [3.8, 4) is 0 Å². The Morgan fingerprint density at radius 1 is 1.40 bits per heavy atom. The molecule has 1 rings (SSSR count). The minimum atomic E-state index is -5.08. The molecule has 0 bridgehead atoms. The Morgan fingerprint density at radius 3 is 2.40 bits per heavy atom. The van der Waals surface area contributed by atoms with Crippen molar-refractivity contribution in [3.05, 3.63) is 22.4 Å². The normalized spacial score (nSPS) is 10.4. The number of carboxylic acids is 1. The Morgan fingerprint density at radius 2 is 2.00 bits per heavy atom. The second-order valence-corrected chi connectivity index (χ2v) is 4.79. The summed E-state index contributed by atoms with van der Waals surface area (Å²) >= 11 is 1.67. The van der Waals surface area contributed by atoms with Gasteiger partial charge in [0, 0.05) is 11.3 Å². The molecule has 0 aliphatic rings. The third kappa shape index (κ3) is 9.37. The Labute approximate surface area is 118 Å². The average molecular weight is 311 g/mol. The maximum atomic E-state index is 11.2. The zero-order valence-corrected chi connectivity index (χ0v) is 11.7. The number of carboxylic acid groups (broad SMARTS) is 1.